The Bertz CT molecular complexity index is 1800. The van der Waals surface area contributed by atoms with E-state index in [1.807, 2.05) is 36.8 Å². The molecule has 4 nitrogen and oxygen atoms in total. The first kappa shape index (κ1) is 32.4. The molecule has 0 aliphatic heterocycles. The summed E-state index contributed by atoms with van der Waals surface area (Å²) >= 11 is 0. The van der Waals surface area contributed by atoms with Crippen molar-refractivity contribution in [1.29, 1.82) is 0 Å². The van der Waals surface area contributed by atoms with Crippen molar-refractivity contribution in [1.82, 2.24) is 9.55 Å². The van der Waals surface area contributed by atoms with Crippen molar-refractivity contribution in [3.05, 3.63) is 200 Å². The molecule has 0 aliphatic rings. The van der Waals surface area contributed by atoms with E-state index in [1.54, 1.807) is 14.2 Å². The highest BCUT2D eigenvalue weighted by Gasteiger charge is 2.37. The van der Waals surface area contributed by atoms with Crippen molar-refractivity contribution in [2.24, 2.45) is 0 Å². The third kappa shape index (κ3) is 7.35. The molecule has 7 rings (SSSR count). The number of aromatic nitrogens is 2. The molecular formula is C42H39BN2O2Si. The van der Waals surface area contributed by atoms with Crippen LogP contribution in [-0.2, 0) is 5.16 Å². The first-order valence-electron chi connectivity index (χ1n) is 16.2. The Morgan fingerprint density at radius 1 is 0.521 bits per heavy atom. The molecule has 0 saturated heterocycles. The van der Waals surface area contributed by atoms with Crippen LogP contribution in [0.2, 0.25) is 0 Å². The fraction of sp³-hybridized carbons (Fsp3) is 0.0714. The fourth-order valence-electron chi connectivity index (χ4n) is 6.38. The van der Waals surface area contributed by atoms with Crippen LogP contribution < -0.4 is 31.0 Å². The molecule has 0 bridgehead atoms. The molecule has 0 atom stereocenters. The molecule has 1 aromatic heterocycles. The second-order valence-corrected chi connectivity index (χ2v) is 13.8. The van der Waals surface area contributed by atoms with E-state index in [0.717, 1.165) is 11.5 Å². The zero-order chi connectivity index (χ0) is 33.0. The van der Waals surface area contributed by atoms with E-state index >= 15 is 0 Å². The van der Waals surface area contributed by atoms with Gasteiger partial charge in [-0.1, -0.05) is 167 Å². The van der Waals surface area contributed by atoms with Crippen LogP contribution in [0.5, 0.6) is 11.5 Å². The number of hydrogen-bond donors (Lipinski definition) is 0. The van der Waals surface area contributed by atoms with E-state index in [9.17, 15) is 0 Å². The molecule has 0 spiro atoms. The number of rotatable bonds is 10. The molecule has 7 aromatic rings. The molecule has 6 aromatic carbocycles. The van der Waals surface area contributed by atoms with Gasteiger partial charge in [-0.25, -0.2) is 4.98 Å². The maximum absolute atomic E-state index is 5.40. The zero-order valence-corrected chi connectivity index (χ0v) is 28.8. The normalized spacial score (nSPS) is 11.0. The van der Waals surface area contributed by atoms with Crippen LogP contribution in [0, 0.1) is 0 Å². The monoisotopic (exact) mass is 642 g/mol. The molecule has 0 unspecified atom stereocenters. The quantitative estimate of drug-likeness (QED) is 0.189. The van der Waals surface area contributed by atoms with Crippen LogP contribution in [0.25, 0.3) is 0 Å². The lowest BCUT2D eigenvalue weighted by molar-refractivity contribution is 0.414. The van der Waals surface area contributed by atoms with Gasteiger partial charge in [-0.05, 0) is 35.4 Å². The topological polar surface area (TPSA) is 36.3 Å². The van der Waals surface area contributed by atoms with Crippen molar-refractivity contribution < 1.29 is 9.47 Å². The van der Waals surface area contributed by atoms with Crippen molar-refractivity contribution in [2.75, 3.05) is 14.2 Å². The average Bonchev–Trinajstić information content (AvgIpc) is 3.72. The molecule has 0 aliphatic carbocycles. The van der Waals surface area contributed by atoms with Crippen LogP contribution in [0.4, 0.5) is 0 Å². The number of imidazole rings is 1. The Morgan fingerprint density at radius 3 is 1.27 bits per heavy atom. The number of methoxy groups -OCH3 is 2. The Labute approximate surface area is 286 Å². The maximum atomic E-state index is 5.40. The first-order chi connectivity index (χ1) is 23.7. The first-order valence-corrected chi connectivity index (χ1v) is 17.6. The average molecular weight is 643 g/mol. The van der Waals surface area contributed by atoms with E-state index in [2.05, 4.69) is 161 Å². The van der Waals surface area contributed by atoms with Gasteiger partial charge in [0.1, 0.15) is 11.5 Å². The smallest absolute Gasteiger partial charge is 0.241 e. The van der Waals surface area contributed by atoms with Crippen molar-refractivity contribution in [3.63, 3.8) is 0 Å². The van der Waals surface area contributed by atoms with Gasteiger partial charge in [0.25, 0.3) is 0 Å². The number of nitrogens with zero attached hydrogens (tertiary/aromatic N) is 2. The van der Waals surface area contributed by atoms with Gasteiger partial charge in [-0.15, -0.1) is 0 Å². The molecule has 0 N–H and O–H groups in total. The number of ether oxygens (including phenoxy) is 2. The molecule has 1 heterocycles. The lowest BCUT2D eigenvalue weighted by atomic mass is 9.37. The van der Waals surface area contributed by atoms with Crippen molar-refractivity contribution in [2.45, 2.75) is 5.16 Å². The molecule has 0 radical (unpaired) electrons. The molecule has 6 heteroatoms. The van der Waals surface area contributed by atoms with E-state index in [1.165, 1.54) is 32.7 Å². The minimum Gasteiger partial charge on any atom is -0.497 e. The van der Waals surface area contributed by atoms with Gasteiger partial charge in [0.2, 0.25) is 6.71 Å². The van der Waals surface area contributed by atoms with Gasteiger partial charge in [-0.3, -0.25) is 0 Å². The fourth-order valence-corrected chi connectivity index (χ4v) is 8.73. The summed E-state index contributed by atoms with van der Waals surface area (Å²) in [6.45, 7) is 0.309. The van der Waals surface area contributed by atoms with E-state index < -0.39 is 9.52 Å². The standard InChI is InChI=1S/C24H24N2O2Si.C18H15B/c1-27-21-12-8-19(9-13-21)24(26-17-16-25-18-26,29-23-6-4-3-5-7-23)20-10-14-22(28-2)15-11-20;1-4-10-16(11-5-1)19(17-12-6-2-7-13-17)18-14-8-3-9-15-18/h3-18H,29H2,1-2H3;1-15H. The summed E-state index contributed by atoms with van der Waals surface area (Å²) in [5, 5.41) is 1.06. The summed E-state index contributed by atoms with van der Waals surface area (Å²) in [5.74, 6) is 1.70. The number of hydrogen-bond acceptors (Lipinski definition) is 3. The molecule has 0 fully saturated rings. The maximum Gasteiger partial charge on any atom is 0.241 e. The van der Waals surface area contributed by atoms with E-state index in [4.69, 9.17) is 9.47 Å². The summed E-state index contributed by atoms with van der Waals surface area (Å²) in [6, 6.07) is 59.6. The predicted molar refractivity (Wildman–Crippen MR) is 203 cm³/mol. The van der Waals surface area contributed by atoms with Crippen molar-refractivity contribution in [3.8, 4) is 11.5 Å². The second-order valence-electron chi connectivity index (χ2n) is 11.6. The van der Waals surface area contributed by atoms with Crippen LogP contribution in [-0.4, -0.2) is 40.0 Å². The van der Waals surface area contributed by atoms with Crippen LogP contribution >= 0.6 is 0 Å². The minimum absolute atomic E-state index is 0.309. The largest absolute Gasteiger partial charge is 0.497 e. The van der Waals surface area contributed by atoms with Crippen molar-refractivity contribution >= 4 is 37.8 Å². The van der Waals surface area contributed by atoms with Gasteiger partial charge in [0.15, 0.2) is 0 Å². The lowest BCUT2D eigenvalue weighted by Gasteiger charge is -2.37. The zero-order valence-electron chi connectivity index (χ0n) is 27.4. The number of benzene rings is 6. The third-order valence-corrected chi connectivity index (χ3v) is 11.4. The summed E-state index contributed by atoms with van der Waals surface area (Å²) in [7, 11) is 2.52. The summed E-state index contributed by atoms with van der Waals surface area (Å²) in [5.41, 5.74) is 6.44. The molecule has 0 saturated carbocycles. The highest BCUT2D eigenvalue weighted by Crippen LogP contribution is 2.35. The SMILES string of the molecule is COc1ccc(C([SiH2]c2ccccc2)(c2ccc(OC)cc2)n2ccnc2)cc1.c1ccc(B(c2ccccc2)c2ccccc2)cc1. The van der Waals surface area contributed by atoms with Crippen LogP contribution in [0.1, 0.15) is 11.1 Å². The van der Waals surface area contributed by atoms with Gasteiger partial charge >= 0.3 is 0 Å². The minimum atomic E-state index is -0.866. The Hall–Kier alpha value is -5.59. The molecule has 236 valence electrons. The molecule has 0 amide bonds. The Kier molecular flexibility index (Phi) is 10.7. The highest BCUT2D eigenvalue weighted by molar-refractivity contribution is 6.95. The van der Waals surface area contributed by atoms with E-state index in [-0.39, 0.29) is 5.16 Å². The second kappa shape index (κ2) is 15.8. The van der Waals surface area contributed by atoms with Gasteiger partial charge in [0, 0.05) is 12.4 Å². The van der Waals surface area contributed by atoms with Gasteiger partial charge in [0.05, 0.1) is 35.2 Å². The van der Waals surface area contributed by atoms with Gasteiger partial charge < -0.3 is 14.0 Å². The molecular weight excluding hydrogens is 603 g/mol. The molecule has 48 heavy (non-hydrogen) atoms. The predicted octanol–water partition coefficient (Wildman–Crippen LogP) is 5.35. The Balaban J connectivity index is 0.000000182. The summed E-state index contributed by atoms with van der Waals surface area (Å²) in [4.78, 5) is 4.38. The highest BCUT2D eigenvalue weighted by atomic mass is 28.2. The van der Waals surface area contributed by atoms with Crippen LogP contribution in [0.15, 0.2) is 189 Å². The van der Waals surface area contributed by atoms with E-state index in [0.29, 0.717) is 6.71 Å². The summed E-state index contributed by atoms with van der Waals surface area (Å²) in [6.07, 6.45) is 5.83. The van der Waals surface area contributed by atoms with Crippen LogP contribution in [0.3, 0.4) is 0 Å². The lowest BCUT2D eigenvalue weighted by Crippen LogP contribution is -2.51. The van der Waals surface area contributed by atoms with Gasteiger partial charge in [-0.2, -0.15) is 0 Å². The summed E-state index contributed by atoms with van der Waals surface area (Å²) < 4.78 is 13.1. The third-order valence-electron chi connectivity index (χ3n) is 8.78. The Morgan fingerprint density at radius 2 is 0.917 bits per heavy atom.